The summed E-state index contributed by atoms with van der Waals surface area (Å²) in [5, 5.41) is 32.0. The molecule has 3 rings (SSSR count). The Labute approximate surface area is 174 Å². The lowest BCUT2D eigenvalue weighted by molar-refractivity contribution is -0.148. The van der Waals surface area contributed by atoms with Gasteiger partial charge in [0.15, 0.2) is 0 Å². The number of ether oxygens (including phenoxy) is 1. The van der Waals surface area contributed by atoms with Crippen LogP contribution in [0.2, 0.25) is 0 Å². The van der Waals surface area contributed by atoms with E-state index in [0.29, 0.717) is 17.1 Å². The summed E-state index contributed by atoms with van der Waals surface area (Å²) in [7, 11) is 0. The molecule has 0 saturated carbocycles. The number of carbonyl (C=O) groups is 2. The molecule has 0 spiro atoms. The molecule has 1 heterocycles. The number of carbonyl (C=O) groups excluding carboxylic acids is 1. The second kappa shape index (κ2) is 9.25. The van der Waals surface area contributed by atoms with Gasteiger partial charge in [-0.25, -0.2) is 4.79 Å². The number of carboxylic acids is 1. The average molecular weight is 414 g/mol. The molecule has 0 aliphatic carbocycles. The highest BCUT2D eigenvalue weighted by Gasteiger charge is 2.45. The minimum absolute atomic E-state index is 0.155. The second-order valence-electron chi connectivity index (χ2n) is 7.82. The first kappa shape index (κ1) is 21.8. The smallest absolute Gasteiger partial charge is 0.326 e. The van der Waals surface area contributed by atoms with Crippen molar-refractivity contribution >= 4 is 11.9 Å². The van der Waals surface area contributed by atoms with Crippen molar-refractivity contribution in [2.75, 3.05) is 19.7 Å². The summed E-state index contributed by atoms with van der Waals surface area (Å²) < 4.78 is 5.70. The molecule has 1 aliphatic rings. The Kier molecular flexibility index (Phi) is 6.71. The topological polar surface area (TPSA) is 119 Å². The quantitative estimate of drug-likeness (QED) is 0.486. The first-order valence-corrected chi connectivity index (χ1v) is 9.69. The van der Waals surface area contributed by atoms with E-state index < -0.39 is 29.6 Å². The molecule has 0 aromatic heterocycles. The van der Waals surface area contributed by atoms with Gasteiger partial charge in [0.2, 0.25) is 5.91 Å². The number of nitrogens with one attached hydrogen (secondary N) is 1. The number of nitrogens with zero attached hydrogens (tertiary/aromatic N) is 1. The second-order valence-corrected chi connectivity index (χ2v) is 7.82. The van der Waals surface area contributed by atoms with Crippen LogP contribution in [0, 0.1) is 5.41 Å². The van der Waals surface area contributed by atoms with Crippen molar-refractivity contribution in [3.63, 3.8) is 0 Å². The zero-order chi connectivity index (χ0) is 21.7. The Morgan fingerprint density at radius 2 is 1.80 bits per heavy atom. The standard InChI is InChI=1S/C22H26N2O6/c1-22(14-25)11-18(21(28)29)24(13-22)19(26)12-23-20(27)15-7-9-17(10-8-15)30-16-5-3-2-4-6-16/h2-10,18,20,23,25,27H,11-14H2,1H3,(H,28,29)/t18-,20?,22-/m0/s1. The maximum Gasteiger partial charge on any atom is 0.326 e. The largest absolute Gasteiger partial charge is 0.480 e. The Bertz CT molecular complexity index is 873. The minimum atomic E-state index is -1.10. The number of aliphatic carboxylic acids is 1. The van der Waals surface area contributed by atoms with Crippen LogP contribution in [0.15, 0.2) is 54.6 Å². The Morgan fingerprint density at radius 3 is 2.40 bits per heavy atom. The Hall–Kier alpha value is -2.94. The van der Waals surface area contributed by atoms with Gasteiger partial charge in [0.25, 0.3) is 0 Å². The van der Waals surface area contributed by atoms with E-state index in [1.165, 1.54) is 4.90 Å². The van der Waals surface area contributed by atoms with Crippen molar-refractivity contribution in [2.24, 2.45) is 5.41 Å². The van der Waals surface area contributed by atoms with Gasteiger partial charge in [0, 0.05) is 12.0 Å². The number of aliphatic hydroxyl groups excluding tert-OH is 2. The van der Waals surface area contributed by atoms with Crippen molar-refractivity contribution in [3.8, 4) is 11.5 Å². The molecule has 0 radical (unpaired) electrons. The van der Waals surface area contributed by atoms with Crippen molar-refractivity contribution in [1.82, 2.24) is 10.2 Å². The summed E-state index contributed by atoms with van der Waals surface area (Å²) in [6, 6.07) is 15.1. The third kappa shape index (κ3) is 5.15. The van der Waals surface area contributed by atoms with E-state index in [2.05, 4.69) is 5.32 Å². The molecule has 30 heavy (non-hydrogen) atoms. The van der Waals surface area contributed by atoms with Gasteiger partial charge in [-0.1, -0.05) is 37.3 Å². The van der Waals surface area contributed by atoms with E-state index in [-0.39, 0.29) is 26.1 Å². The number of carboxylic acid groups (broad SMARTS) is 1. The highest BCUT2D eigenvalue weighted by molar-refractivity contribution is 5.85. The number of rotatable bonds is 8. The molecular formula is C22H26N2O6. The SMILES string of the molecule is C[C@]1(CO)C[C@@H](C(=O)O)N(C(=O)CNC(O)c2ccc(Oc3ccccc3)cc2)C1. The normalized spacial score (nSPS) is 22.0. The number of benzene rings is 2. The highest BCUT2D eigenvalue weighted by Crippen LogP contribution is 2.34. The maximum absolute atomic E-state index is 12.5. The van der Waals surface area contributed by atoms with Crippen molar-refractivity contribution in [1.29, 1.82) is 0 Å². The molecule has 8 heteroatoms. The highest BCUT2D eigenvalue weighted by atomic mass is 16.5. The molecule has 2 aromatic carbocycles. The molecule has 3 atom stereocenters. The van der Waals surface area contributed by atoms with Crippen LogP contribution >= 0.6 is 0 Å². The van der Waals surface area contributed by atoms with E-state index in [1.807, 2.05) is 30.3 Å². The van der Waals surface area contributed by atoms with E-state index in [9.17, 15) is 24.9 Å². The molecule has 1 unspecified atom stereocenters. The molecule has 1 aliphatic heterocycles. The van der Waals surface area contributed by atoms with Crippen LogP contribution in [0.4, 0.5) is 0 Å². The van der Waals surface area contributed by atoms with Crippen LogP contribution < -0.4 is 10.1 Å². The van der Waals surface area contributed by atoms with Gasteiger partial charge in [-0.05, 0) is 36.2 Å². The molecule has 2 aromatic rings. The van der Waals surface area contributed by atoms with E-state index in [1.54, 1.807) is 31.2 Å². The monoisotopic (exact) mass is 414 g/mol. The number of likely N-dealkylation sites (tertiary alicyclic amines) is 1. The fourth-order valence-corrected chi connectivity index (χ4v) is 3.51. The van der Waals surface area contributed by atoms with Crippen LogP contribution in [-0.2, 0) is 9.59 Å². The van der Waals surface area contributed by atoms with Gasteiger partial charge < -0.3 is 25.0 Å². The zero-order valence-electron chi connectivity index (χ0n) is 16.7. The van der Waals surface area contributed by atoms with Crippen molar-refractivity contribution in [2.45, 2.75) is 25.6 Å². The van der Waals surface area contributed by atoms with Gasteiger partial charge in [-0.2, -0.15) is 0 Å². The lowest BCUT2D eigenvalue weighted by Gasteiger charge is -2.24. The fourth-order valence-electron chi connectivity index (χ4n) is 3.51. The summed E-state index contributed by atoms with van der Waals surface area (Å²) in [6.45, 7) is 1.48. The van der Waals surface area contributed by atoms with Crippen LogP contribution in [0.1, 0.15) is 25.1 Å². The van der Waals surface area contributed by atoms with Crippen LogP contribution in [0.25, 0.3) is 0 Å². The molecule has 4 N–H and O–H groups in total. The minimum Gasteiger partial charge on any atom is -0.480 e. The summed E-state index contributed by atoms with van der Waals surface area (Å²) in [5.74, 6) is -0.237. The summed E-state index contributed by atoms with van der Waals surface area (Å²) in [6.07, 6.45) is -0.912. The average Bonchev–Trinajstić information content (AvgIpc) is 3.12. The fraction of sp³-hybridized carbons (Fsp3) is 0.364. The predicted molar refractivity (Wildman–Crippen MR) is 109 cm³/mol. The van der Waals surface area contributed by atoms with E-state index in [4.69, 9.17) is 4.74 Å². The molecule has 1 amide bonds. The van der Waals surface area contributed by atoms with Gasteiger partial charge in [-0.15, -0.1) is 0 Å². The molecule has 0 bridgehead atoms. The zero-order valence-corrected chi connectivity index (χ0v) is 16.7. The summed E-state index contributed by atoms with van der Waals surface area (Å²) >= 11 is 0. The Balaban J connectivity index is 1.56. The van der Waals surface area contributed by atoms with Crippen molar-refractivity contribution < 1.29 is 29.6 Å². The van der Waals surface area contributed by atoms with Crippen molar-refractivity contribution in [3.05, 3.63) is 60.2 Å². The van der Waals surface area contributed by atoms with Crippen LogP contribution in [0.3, 0.4) is 0 Å². The lowest BCUT2D eigenvalue weighted by Crippen LogP contribution is -2.45. The molecule has 1 saturated heterocycles. The number of para-hydroxylation sites is 1. The number of hydrogen-bond donors (Lipinski definition) is 4. The number of amides is 1. The van der Waals surface area contributed by atoms with Crippen LogP contribution in [-0.4, -0.2) is 57.8 Å². The Morgan fingerprint density at radius 1 is 1.17 bits per heavy atom. The van der Waals surface area contributed by atoms with Crippen LogP contribution in [0.5, 0.6) is 11.5 Å². The van der Waals surface area contributed by atoms with Gasteiger partial charge >= 0.3 is 5.97 Å². The first-order chi connectivity index (χ1) is 14.3. The third-order valence-electron chi connectivity index (χ3n) is 5.22. The molecule has 160 valence electrons. The van der Waals surface area contributed by atoms with E-state index in [0.717, 1.165) is 0 Å². The maximum atomic E-state index is 12.5. The van der Waals surface area contributed by atoms with Gasteiger partial charge in [0.1, 0.15) is 23.8 Å². The van der Waals surface area contributed by atoms with Gasteiger partial charge in [-0.3, -0.25) is 10.1 Å². The summed E-state index contributed by atoms with van der Waals surface area (Å²) in [4.78, 5) is 25.3. The summed E-state index contributed by atoms with van der Waals surface area (Å²) in [5.41, 5.74) is -0.106. The molecule has 8 nitrogen and oxygen atoms in total. The third-order valence-corrected chi connectivity index (χ3v) is 5.22. The predicted octanol–water partition coefficient (Wildman–Crippen LogP) is 1.74. The molecule has 1 fully saturated rings. The molecular weight excluding hydrogens is 388 g/mol. The van der Waals surface area contributed by atoms with Gasteiger partial charge in [0.05, 0.1) is 13.2 Å². The first-order valence-electron chi connectivity index (χ1n) is 9.69. The number of hydrogen-bond acceptors (Lipinski definition) is 6. The lowest BCUT2D eigenvalue weighted by atomic mass is 9.89. The van der Waals surface area contributed by atoms with E-state index >= 15 is 0 Å². The number of aliphatic hydroxyl groups is 2.